The quantitative estimate of drug-likeness (QED) is 0.815. The Bertz CT molecular complexity index is 581. The second-order valence-corrected chi connectivity index (χ2v) is 6.42. The van der Waals surface area contributed by atoms with Crippen molar-refractivity contribution in [2.45, 2.75) is 39.2 Å². The van der Waals surface area contributed by atoms with Crippen LogP contribution in [0.2, 0.25) is 0 Å². The van der Waals surface area contributed by atoms with Crippen LogP contribution in [0.1, 0.15) is 41.1 Å². The molecule has 1 N–H and O–H groups in total. The molecule has 0 amide bonds. The lowest BCUT2D eigenvalue weighted by atomic mass is 10.0. The van der Waals surface area contributed by atoms with E-state index in [1.54, 1.807) is 0 Å². The minimum atomic E-state index is 0.537. The van der Waals surface area contributed by atoms with Crippen LogP contribution in [0.15, 0.2) is 48.5 Å². The van der Waals surface area contributed by atoms with Gasteiger partial charge in [-0.05, 0) is 56.7 Å². The molecule has 2 aromatic rings. The third-order valence-electron chi connectivity index (χ3n) is 4.39. The highest BCUT2D eigenvalue weighted by atomic mass is 14.9. The topological polar surface area (TPSA) is 12.0 Å². The van der Waals surface area contributed by atoms with Crippen LogP contribution in [0, 0.1) is 19.8 Å². The van der Waals surface area contributed by atoms with E-state index in [1.807, 2.05) is 0 Å². The fourth-order valence-corrected chi connectivity index (χ4v) is 3.00. The number of rotatable bonds is 6. The van der Waals surface area contributed by atoms with Crippen LogP contribution < -0.4 is 5.32 Å². The second-order valence-electron chi connectivity index (χ2n) is 6.42. The summed E-state index contributed by atoms with van der Waals surface area (Å²) in [5.74, 6) is 0.838. The number of nitrogens with one attached hydrogen (secondary N) is 1. The molecule has 0 aromatic heterocycles. The van der Waals surface area contributed by atoms with Gasteiger partial charge in [-0.1, -0.05) is 59.7 Å². The van der Waals surface area contributed by atoms with Crippen molar-refractivity contribution in [2.75, 3.05) is 6.54 Å². The Kier molecular flexibility index (Phi) is 4.40. The second kappa shape index (κ2) is 6.44. The number of aryl methyl sites for hydroxylation is 2. The van der Waals surface area contributed by atoms with E-state index in [0.29, 0.717) is 6.04 Å². The van der Waals surface area contributed by atoms with Crippen molar-refractivity contribution in [3.63, 3.8) is 0 Å². The van der Waals surface area contributed by atoms with Crippen LogP contribution in [-0.4, -0.2) is 6.54 Å². The normalized spacial score (nSPS) is 15.9. The van der Waals surface area contributed by atoms with Gasteiger partial charge < -0.3 is 5.32 Å². The largest absolute Gasteiger partial charge is 0.309 e. The first-order valence-corrected chi connectivity index (χ1v) is 8.08. The van der Waals surface area contributed by atoms with Crippen molar-refractivity contribution >= 4 is 0 Å². The van der Waals surface area contributed by atoms with Crippen molar-refractivity contribution in [1.29, 1.82) is 0 Å². The van der Waals surface area contributed by atoms with Crippen molar-refractivity contribution in [3.8, 4) is 0 Å². The molecule has 1 fully saturated rings. The van der Waals surface area contributed by atoms with Gasteiger partial charge >= 0.3 is 0 Å². The number of hydrogen-bond acceptors (Lipinski definition) is 1. The maximum absolute atomic E-state index is 3.79. The molecule has 1 aliphatic carbocycles. The molecular formula is C20H25N. The van der Waals surface area contributed by atoms with Gasteiger partial charge in [0.1, 0.15) is 0 Å². The van der Waals surface area contributed by atoms with Gasteiger partial charge in [0.2, 0.25) is 0 Å². The predicted octanol–water partition coefficient (Wildman–Crippen LogP) is 4.59. The molecule has 0 heterocycles. The first-order valence-electron chi connectivity index (χ1n) is 8.08. The lowest BCUT2D eigenvalue weighted by Gasteiger charge is -2.19. The monoisotopic (exact) mass is 279 g/mol. The van der Waals surface area contributed by atoms with Gasteiger partial charge in [0.25, 0.3) is 0 Å². The zero-order valence-corrected chi connectivity index (χ0v) is 13.1. The standard InChI is InChI=1S/C20H25N/c1-15-6-8-18(9-7-15)20(19-10-11-19)21-13-12-17-5-3-4-16(2)14-17/h3-9,14,19-21H,10-13H2,1-2H3. The average molecular weight is 279 g/mol. The summed E-state index contributed by atoms with van der Waals surface area (Å²) >= 11 is 0. The number of hydrogen-bond donors (Lipinski definition) is 1. The Labute approximate surface area is 128 Å². The fourth-order valence-electron chi connectivity index (χ4n) is 3.00. The first kappa shape index (κ1) is 14.3. The molecule has 0 radical (unpaired) electrons. The molecule has 1 unspecified atom stereocenters. The molecular weight excluding hydrogens is 254 g/mol. The van der Waals surface area contributed by atoms with Gasteiger partial charge in [0.05, 0.1) is 0 Å². The third-order valence-corrected chi connectivity index (χ3v) is 4.39. The van der Waals surface area contributed by atoms with E-state index in [2.05, 4.69) is 67.7 Å². The molecule has 1 atom stereocenters. The fraction of sp³-hybridized carbons (Fsp3) is 0.400. The Morgan fingerprint density at radius 1 is 1.00 bits per heavy atom. The van der Waals surface area contributed by atoms with E-state index in [1.165, 1.54) is 35.1 Å². The smallest absolute Gasteiger partial charge is 0.0348 e. The summed E-state index contributed by atoms with van der Waals surface area (Å²) in [6, 6.07) is 18.4. The molecule has 1 heteroatoms. The summed E-state index contributed by atoms with van der Waals surface area (Å²) in [5.41, 5.74) is 5.58. The molecule has 1 saturated carbocycles. The van der Waals surface area contributed by atoms with E-state index >= 15 is 0 Å². The highest BCUT2D eigenvalue weighted by molar-refractivity contribution is 5.26. The Morgan fingerprint density at radius 2 is 1.76 bits per heavy atom. The Morgan fingerprint density at radius 3 is 2.43 bits per heavy atom. The lowest BCUT2D eigenvalue weighted by molar-refractivity contribution is 0.484. The Balaban J connectivity index is 1.60. The van der Waals surface area contributed by atoms with E-state index < -0.39 is 0 Å². The third kappa shape index (κ3) is 3.95. The molecule has 2 aromatic carbocycles. The highest BCUT2D eigenvalue weighted by Gasteiger charge is 2.31. The molecule has 0 aliphatic heterocycles. The van der Waals surface area contributed by atoms with Crippen molar-refractivity contribution in [1.82, 2.24) is 5.32 Å². The van der Waals surface area contributed by atoms with Crippen LogP contribution >= 0.6 is 0 Å². The zero-order chi connectivity index (χ0) is 14.7. The van der Waals surface area contributed by atoms with Gasteiger partial charge in [-0.3, -0.25) is 0 Å². The van der Waals surface area contributed by atoms with Gasteiger partial charge in [-0.25, -0.2) is 0 Å². The molecule has 0 bridgehead atoms. The van der Waals surface area contributed by atoms with Crippen LogP contribution in [0.3, 0.4) is 0 Å². The van der Waals surface area contributed by atoms with E-state index in [9.17, 15) is 0 Å². The van der Waals surface area contributed by atoms with Crippen molar-refractivity contribution < 1.29 is 0 Å². The molecule has 0 saturated heterocycles. The van der Waals surface area contributed by atoms with Crippen molar-refractivity contribution in [3.05, 3.63) is 70.8 Å². The molecule has 1 nitrogen and oxygen atoms in total. The van der Waals surface area contributed by atoms with E-state index in [4.69, 9.17) is 0 Å². The molecule has 21 heavy (non-hydrogen) atoms. The van der Waals surface area contributed by atoms with E-state index in [0.717, 1.165) is 18.9 Å². The zero-order valence-electron chi connectivity index (χ0n) is 13.1. The summed E-state index contributed by atoms with van der Waals surface area (Å²) in [6.45, 7) is 5.37. The maximum Gasteiger partial charge on any atom is 0.0348 e. The van der Waals surface area contributed by atoms with E-state index in [-0.39, 0.29) is 0 Å². The van der Waals surface area contributed by atoms with Gasteiger partial charge in [0, 0.05) is 6.04 Å². The highest BCUT2D eigenvalue weighted by Crippen LogP contribution is 2.40. The van der Waals surface area contributed by atoms with Gasteiger partial charge in [-0.15, -0.1) is 0 Å². The van der Waals surface area contributed by atoms with Crippen LogP contribution in [-0.2, 0) is 6.42 Å². The van der Waals surface area contributed by atoms with Crippen LogP contribution in [0.4, 0.5) is 0 Å². The van der Waals surface area contributed by atoms with Gasteiger partial charge in [-0.2, -0.15) is 0 Å². The summed E-state index contributed by atoms with van der Waals surface area (Å²) in [5, 5.41) is 3.79. The summed E-state index contributed by atoms with van der Waals surface area (Å²) < 4.78 is 0. The Hall–Kier alpha value is -1.60. The summed E-state index contributed by atoms with van der Waals surface area (Å²) in [6.07, 6.45) is 3.85. The van der Waals surface area contributed by atoms with Crippen LogP contribution in [0.5, 0.6) is 0 Å². The minimum absolute atomic E-state index is 0.537. The average Bonchev–Trinajstić information content (AvgIpc) is 3.30. The predicted molar refractivity (Wildman–Crippen MR) is 89.5 cm³/mol. The first-order chi connectivity index (χ1) is 10.2. The molecule has 0 spiro atoms. The molecule has 110 valence electrons. The molecule has 1 aliphatic rings. The number of benzene rings is 2. The maximum atomic E-state index is 3.79. The minimum Gasteiger partial charge on any atom is -0.309 e. The van der Waals surface area contributed by atoms with Crippen LogP contribution in [0.25, 0.3) is 0 Å². The summed E-state index contributed by atoms with van der Waals surface area (Å²) in [7, 11) is 0. The molecule has 3 rings (SSSR count). The summed E-state index contributed by atoms with van der Waals surface area (Å²) in [4.78, 5) is 0. The van der Waals surface area contributed by atoms with Gasteiger partial charge in [0.15, 0.2) is 0 Å². The SMILES string of the molecule is Cc1ccc(C(NCCc2cccc(C)c2)C2CC2)cc1. The lowest BCUT2D eigenvalue weighted by Crippen LogP contribution is -2.25. The van der Waals surface area contributed by atoms with Crippen molar-refractivity contribution in [2.24, 2.45) is 5.92 Å².